The number of carbonyl (C=O) groups excluding carboxylic acids is 3. The smallest absolute Gasteiger partial charge is 0.383 e. The van der Waals surface area contributed by atoms with E-state index in [0.717, 1.165) is 28.5 Å². The van der Waals surface area contributed by atoms with Gasteiger partial charge in [-0.2, -0.15) is 0 Å². The number of hydrogen-bond acceptors (Lipinski definition) is 6. The highest BCUT2D eigenvalue weighted by Crippen LogP contribution is 2.33. The summed E-state index contributed by atoms with van der Waals surface area (Å²) in [6.45, 7) is 4.77. The molecule has 0 saturated carbocycles. The molecule has 32 heavy (non-hydrogen) atoms. The minimum Gasteiger partial charge on any atom is -0.405 e. The number of esters is 1. The Kier molecular flexibility index (Phi) is 6.59. The maximum atomic E-state index is 13.3. The van der Waals surface area contributed by atoms with Gasteiger partial charge in [0.15, 0.2) is 0 Å². The monoisotopic (exact) mass is 438 g/mol. The summed E-state index contributed by atoms with van der Waals surface area (Å²) in [6.07, 6.45) is 0. The second-order valence-electron chi connectivity index (χ2n) is 7.40. The molecule has 3 rings (SSSR count). The van der Waals surface area contributed by atoms with Crippen molar-refractivity contribution in [2.24, 2.45) is 5.73 Å². The van der Waals surface area contributed by atoms with E-state index in [1.807, 2.05) is 6.07 Å². The maximum Gasteiger partial charge on any atom is 0.383 e. The van der Waals surface area contributed by atoms with Gasteiger partial charge in [-0.05, 0) is 30.5 Å². The molecule has 9 nitrogen and oxygen atoms in total. The van der Waals surface area contributed by atoms with Crippen molar-refractivity contribution >= 4 is 23.6 Å². The predicted octanol–water partition coefficient (Wildman–Crippen LogP) is 1.80. The number of fused-ring (bicyclic) bond motifs is 1. The van der Waals surface area contributed by atoms with Crippen LogP contribution in [-0.2, 0) is 32.2 Å². The van der Waals surface area contributed by atoms with E-state index < -0.39 is 23.7 Å². The van der Waals surface area contributed by atoms with Gasteiger partial charge in [0.05, 0.1) is 13.2 Å². The fourth-order valence-corrected chi connectivity index (χ4v) is 3.66. The maximum absolute atomic E-state index is 13.3. The SMILES string of the molecule is CCO[C@](OC(C)=O)(C(=O)NCc1ccc(C(=N)N)cc1)N1Cc2cccc(C)c2C1=O. The van der Waals surface area contributed by atoms with Crippen molar-refractivity contribution in [1.29, 1.82) is 5.41 Å². The molecule has 1 aliphatic heterocycles. The lowest BCUT2D eigenvalue weighted by Gasteiger charge is -2.37. The zero-order valence-corrected chi connectivity index (χ0v) is 18.2. The summed E-state index contributed by atoms with van der Waals surface area (Å²) in [6, 6.07) is 12.2. The van der Waals surface area contributed by atoms with Crippen LogP contribution in [0.5, 0.6) is 0 Å². The highest BCUT2D eigenvalue weighted by Gasteiger charge is 2.54. The van der Waals surface area contributed by atoms with Crippen molar-refractivity contribution in [1.82, 2.24) is 10.2 Å². The Balaban J connectivity index is 1.90. The molecule has 1 atom stereocenters. The van der Waals surface area contributed by atoms with Crippen molar-refractivity contribution in [2.45, 2.75) is 39.8 Å². The van der Waals surface area contributed by atoms with Crippen LogP contribution in [0.25, 0.3) is 0 Å². The van der Waals surface area contributed by atoms with Crippen LogP contribution in [0.15, 0.2) is 42.5 Å². The highest BCUT2D eigenvalue weighted by atomic mass is 16.7. The molecule has 4 N–H and O–H groups in total. The predicted molar refractivity (Wildman–Crippen MR) is 116 cm³/mol. The Labute approximate surface area is 186 Å². The minimum absolute atomic E-state index is 0.0209. The van der Waals surface area contributed by atoms with Gasteiger partial charge in [-0.1, -0.05) is 42.5 Å². The summed E-state index contributed by atoms with van der Waals surface area (Å²) in [5.41, 5.74) is 8.69. The van der Waals surface area contributed by atoms with Crippen LogP contribution >= 0.6 is 0 Å². The number of nitrogens with one attached hydrogen (secondary N) is 2. The Hall–Kier alpha value is -3.72. The van der Waals surface area contributed by atoms with E-state index in [-0.39, 0.29) is 25.5 Å². The van der Waals surface area contributed by atoms with E-state index >= 15 is 0 Å². The number of nitrogens with zero attached hydrogens (tertiary/aromatic N) is 1. The molecule has 0 bridgehead atoms. The van der Waals surface area contributed by atoms with Crippen molar-refractivity contribution < 1.29 is 23.9 Å². The molecular formula is C23H26N4O5. The van der Waals surface area contributed by atoms with Gasteiger partial charge in [-0.3, -0.25) is 24.7 Å². The number of aryl methyl sites for hydroxylation is 1. The third-order valence-corrected chi connectivity index (χ3v) is 5.13. The Morgan fingerprint density at radius 1 is 1.22 bits per heavy atom. The molecule has 0 fully saturated rings. The first-order valence-corrected chi connectivity index (χ1v) is 10.1. The first-order chi connectivity index (χ1) is 15.2. The van der Waals surface area contributed by atoms with Crippen LogP contribution in [-0.4, -0.2) is 41.0 Å². The minimum atomic E-state index is -2.25. The van der Waals surface area contributed by atoms with E-state index in [0.29, 0.717) is 11.1 Å². The first kappa shape index (κ1) is 23.0. The molecule has 1 aliphatic rings. The zero-order valence-electron chi connectivity index (χ0n) is 18.2. The molecule has 1 heterocycles. The summed E-state index contributed by atoms with van der Waals surface area (Å²) in [7, 11) is 0. The molecule has 0 saturated heterocycles. The van der Waals surface area contributed by atoms with E-state index in [1.165, 1.54) is 0 Å². The van der Waals surface area contributed by atoms with Gasteiger partial charge in [-0.15, -0.1) is 0 Å². The Bertz CT molecular complexity index is 1070. The van der Waals surface area contributed by atoms with Crippen molar-refractivity contribution in [3.05, 3.63) is 70.3 Å². The van der Waals surface area contributed by atoms with Crippen LogP contribution in [0.4, 0.5) is 0 Å². The molecule has 2 aromatic carbocycles. The second-order valence-corrected chi connectivity index (χ2v) is 7.40. The van der Waals surface area contributed by atoms with Gasteiger partial charge < -0.3 is 20.5 Å². The average molecular weight is 438 g/mol. The van der Waals surface area contributed by atoms with Gasteiger partial charge in [-0.25, -0.2) is 0 Å². The van der Waals surface area contributed by atoms with Crippen LogP contribution < -0.4 is 11.1 Å². The quantitative estimate of drug-likeness (QED) is 0.249. The van der Waals surface area contributed by atoms with Gasteiger partial charge in [0, 0.05) is 24.6 Å². The normalized spacial score (nSPS) is 14.5. The molecule has 0 radical (unpaired) electrons. The van der Waals surface area contributed by atoms with E-state index in [1.54, 1.807) is 50.2 Å². The summed E-state index contributed by atoms with van der Waals surface area (Å²) in [5.74, 6) is -4.30. The lowest BCUT2D eigenvalue weighted by Crippen LogP contribution is -2.63. The summed E-state index contributed by atoms with van der Waals surface area (Å²) < 4.78 is 11.1. The van der Waals surface area contributed by atoms with E-state index in [4.69, 9.17) is 20.6 Å². The number of ether oxygens (including phenoxy) is 2. The highest BCUT2D eigenvalue weighted by molar-refractivity contribution is 6.03. The molecular weight excluding hydrogens is 412 g/mol. The number of nitrogens with two attached hydrogens (primary N) is 1. The molecule has 2 aromatic rings. The average Bonchev–Trinajstić information content (AvgIpc) is 3.09. The molecule has 2 amide bonds. The number of amides is 2. The van der Waals surface area contributed by atoms with Gasteiger partial charge in [0.1, 0.15) is 5.84 Å². The van der Waals surface area contributed by atoms with Crippen LogP contribution in [0, 0.1) is 12.3 Å². The van der Waals surface area contributed by atoms with Gasteiger partial charge >= 0.3 is 17.8 Å². The van der Waals surface area contributed by atoms with Gasteiger partial charge in [0.2, 0.25) is 0 Å². The lowest BCUT2D eigenvalue weighted by molar-refractivity contribution is -0.272. The number of benzene rings is 2. The van der Waals surface area contributed by atoms with Crippen molar-refractivity contribution in [2.75, 3.05) is 6.61 Å². The number of amidine groups is 1. The summed E-state index contributed by atoms with van der Waals surface area (Å²) in [5, 5.41) is 10.2. The second kappa shape index (κ2) is 9.19. The summed E-state index contributed by atoms with van der Waals surface area (Å²) in [4.78, 5) is 39.7. The fraction of sp³-hybridized carbons (Fsp3) is 0.304. The topological polar surface area (TPSA) is 135 Å². The number of rotatable bonds is 8. The fourth-order valence-electron chi connectivity index (χ4n) is 3.66. The largest absolute Gasteiger partial charge is 0.405 e. The number of carbonyl (C=O) groups is 3. The summed E-state index contributed by atoms with van der Waals surface area (Å²) >= 11 is 0. The molecule has 0 unspecified atom stereocenters. The molecule has 168 valence electrons. The van der Waals surface area contributed by atoms with Crippen molar-refractivity contribution in [3.63, 3.8) is 0 Å². The number of hydrogen-bond donors (Lipinski definition) is 3. The third-order valence-electron chi connectivity index (χ3n) is 5.13. The zero-order chi connectivity index (χ0) is 23.5. The van der Waals surface area contributed by atoms with E-state index in [2.05, 4.69) is 5.32 Å². The van der Waals surface area contributed by atoms with Crippen molar-refractivity contribution in [3.8, 4) is 0 Å². The third kappa shape index (κ3) is 4.33. The molecule has 0 spiro atoms. The standard InChI is InChI=1S/C23H26N4O5/c1-4-31-23(32-15(3)28,27-13-18-7-5-6-14(2)19(18)21(27)29)22(30)26-12-16-8-10-17(11-9-16)20(24)25/h5-11H,4,12-13H2,1-3H3,(H3,24,25)(H,26,30)/t23-/m0/s1. The van der Waals surface area contributed by atoms with Crippen LogP contribution in [0.3, 0.4) is 0 Å². The molecule has 0 aromatic heterocycles. The molecule has 0 aliphatic carbocycles. The lowest BCUT2D eigenvalue weighted by atomic mass is 10.0. The first-order valence-electron chi connectivity index (χ1n) is 10.1. The van der Waals surface area contributed by atoms with E-state index in [9.17, 15) is 14.4 Å². The van der Waals surface area contributed by atoms with Gasteiger partial charge in [0.25, 0.3) is 5.91 Å². The van der Waals surface area contributed by atoms with Crippen LogP contribution in [0.1, 0.15) is 46.5 Å². The Morgan fingerprint density at radius 2 is 1.91 bits per heavy atom. The van der Waals surface area contributed by atoms with Crippen LogP contribution in [0.2, 0.25) is 0 Å². The number of nitrogen functional groups attached to an aromatic ring is 1. The Morgan fingerprint density at radius 3 is 2.47 bits per heavy atom. The molecule has 9 heteroatoms.